The van der Waals surface area contributed by atoms with Crippen LogP contribution in [0.25, 0.3) is 0 Å². The first-order valence-electron chi connectivity index (χ1n) is 4.62. The van der Waals surface area contributed by atoms with Crippen LogP contribution >= 0.6 is 0 Å². The zero-order valence-electron chi connectivity index (χ0n) is 8.05. The number of carbonyl (C=O) groups is 1. The van der Waals surface area contributed by atoms with Crippen LogP contribution in [0, 0.1) is 11.8 Å². The third kappa shape index (κ3) is 2.21. The van der Waals surface area contributed by atoms with Gasteiger partial charge in [0.15, 0.2) is 0 Å². The van der Waals surface area contributed by atoms with Crippen molar-refractivity contribution >= 4 is 5.91 Å². The molecule has 1 amide bonds. The smallest absolute Gasteiger partial charge is 0.222 e. The predicted molar refractivity (Wildman–Crippen MR) is 48.8 cm³/mol. The van der Waals surface area contributed by atoms with E-state index in [0.29, 0.717) is 12.0 Å². The highest BCUT2D eigenvalue weighted by Crippen LogP contribution is 2.08. The van der Waals surface area contributed by atoms with Crippen molar-refractivity contribution < 1.29 is 4.79 Å². The Kier molecular flexibility index (Phi) is 3.09. The van der Waals surface area contributed by atoms with E-state index in [9.17, 15) is 4.79 Å². The van der Waals surface area contributed by atoms with Crippen LogP contribution in [0.1, 0.15) is 20.8 Å². The van der Waals surface area contributed by atoms with E-state index < -0.39 is 0 Å². The van der Waals surface area contributed by atoms with Crippen molar-refractivity contribution in [2.45, 2.75) is 26.8 Å². The van der Waals surface area contributed by atoms with Gasteiger partial charge >= 0.3 is 0 Å². The zero-order chi connectivity index (χ0) is 9.14. The first kappa shape index (κ1) is 9.52. The molecular formula is C9H18N2O. The molecule has 12 heavy (non-hydrogen) atoms. The van der Waals surface area contributed by atoms with Crippen molar-refractivity contribution in [1.29, 1.82) is 0 Å². The molecule has 1 rings (SSSR count). The van der Waals surface area contributed by atoms with E-state index >= 15 is 0 Å². The maximum Gasteiger partial charge on any atom is 0.222 e. The van der Waals surface area contributed by atoms with Gasteiger partial charge in [-0.25, -0.2) is 0 Å². The van der Waals surface area contributed by atoms with E-state index in [1.165, 1.54) is 0 Å². The van der Waals surface area contributed by atoms with Crippen molar-refractivity contribution in [3.8, 4) is 0 Å². The molecule has 0 aromatic carbocycles. The Hall–Kier alpha value is -0.570. The molecule has 1 saturated heterocycles. The Morgan fingerprint density at radius 3 is 2.33 bits per heavy atom. The molecule has 1 heterocycles. The van der Waals surface area contributed by atoms with E-state index in [2.05, 4.69) is 17.6 Å². The summed E-state index contributed by atoms with van der Waals surface area (Å²) in [5.41, 5.74) is 0. The SMILES string of the molecule is CC(C)C(=O)NC(C)C1CNC1. The topological polar surface area (TPSA) is 41.1 Å². The standard InChI is InChI=1S/C9H18N2O/c1-6(2)9(12)11-7(3)8-4-10-5-8/h6-8,10H,4-5H2,1-3H3,(H,11,12). The number of hydrogen-bond donors (Lipinski definition) is 2. The lowest BCUT2D eigenvalue weighted by atomic mass is 9.95. The minimum Gasteiger partial charge on any atom is -0.353 e. The van der Waals surface area contributed by atoms with Crippen LogP contribution < -0.4 is 10.6 Å². The first-order valence-corrected chi connectivity index (χ1v) is 4.62. The van der Waals surface area contributed by atoms with Gasteiger partial charge in [-0.2, -0.15) is 0 Å². The fourth-order valence-corrected chi connectivity index (χ4v) is 1.17. The van der Waals surface area contributed by atoms with Crippen LogP contribution in [0.5, 0.6) is 0 Å². The van der Waals surface area contributed by atoms with Gasteiger partial charge < -0.3 is 10.6 Å². The summed E-state index contributed by atoms with van der Waals surface area (Å²) in [6.45, 7) is 7.99. The molecule has 0 aromatic heterocycles. The normalized spacial score (nSPS) is 20.3. The fraction of sp³-hybridized carbons (Fsp3) is 0.889. The van der Waals surface area contributed by atoms with E-state index in [1.807, 2.05) is 13.8 Å². The second kappa shape index (κ2) is 3.90. The molecule has 0 aliphatic carbocycles. The van der Waals surface area contributed by atoms with Gasteiger partial charge in [-0.05, 0) is 6.92 Å². The first-order chi connectivity index (χ1) is 5.61. The molecule has 1 unspecified atom stereocenters. The molecule has 1 fully saturated rings. The lowest BCUT2D eigenvalue weighted by Gasteiger charge is -2.33. The van der Waals surface area contributed by atoms with Gasteiger partial charge in [0.05, 0.1) is 0 Å². The molecule has 70 valence electrons. The quantitative estimate of drug-likeness (QED) is 0.642. The number of hydrogen-bond acceptors (Lipinski definition) is 2. The maximum absolute atomic E-state index is 11.3. The van der Waals surface area contributed by atoms with Gasteiger partial charge in [-0.1, -0.05) is 13.8 Å². The van der Waals surface area contributed by atoms with Crippen molar-refractivity contribution in [2.75, 3.05) is 13.1 Å². The minimum atomic E-state index is 0.0977. The van der Waals surface area contributed by atoms with Crippen LogP contribution in [0.3, 0.4) is 0 Å². The summed E-state index contributed by atoms with van der Waals surface area (Å²) in [6, 6.07) is 0.321. The van der Waals surface area contributed by atoms with Crippen LogP contribution in [0.2, 0.25) is 0 Å². The van der Waals surface area contributed by atoms with E-state index in [0.717, 1.165) is 13.1 Å². The molecule has 0 aromatic rings. The predicted octanol–water partition coefficient (Wildman–Crippen LogP) is 0.366. The molecule has 3 nitrogen and oxygen atoms in total. The molecule has 1 aliphatic rings. The van der Waals surface area contributed by atoms with Crippen molar-refractivity contribution in [1.82, 2.24) is 10.6 Å². The molecular weight excluding hydrogens is 152 g/mol. The third-order valence-corrected chi connectivity index (χ3v) is 2.41. The Labute approximate surface area is 73.9 Å². The second-order valence-corrected chi connectivity index (χ2v) is 3.87. The summed E-state index contributed by atoms with van der Waals surface area (Å²) in [7, 11) is 0. The summed E-state index contributed by atoms with van der Waals surface area (Å²) in [6.07, 6.45) is 0. The number of carbonyl (C=O) groups excluding carboxylic acids is 1. The van der Waals surface area contributed by atoms with Crippen molar-refractivity contribution in [3.63, 3.8) is 0 Å². The Balaban J connectivity index is 2.24. The number of amides is 1. The van der Waals surface area contributed by atoms with Gasteiger partial charge in [-0.3, -0.25) is 4.79 Å². The monoisotopic (exact) mass is 170 g/mol. The van der Waals surface area contributed by atoms with Crippen molar-refractivity contribution in [2.24, 2.45) is 11.8 Å². The van der Waals surface area contributed by atoms with E-state index in [-0.39, 0.29) is 11.8 Å². The highest BCUT2D eigenvalue weighted by atomic mass is 16.1. The van der Waals surface area contributed by atoms with Gasteiger partial charge in [0.1, 0.15) is 0 Å². The Morgan fingerprint density at radius 2 is 2.00 bits per heavy atom. The molecule has 1 atom stereocenters. The molecule has 3 heteroatoms. The summed E-state index contributed by atoms with van der Waals surface area (Å²) in [5, 5.41) is 6.20. The van der Waals surface area contributed by atoms with Crippen LogP contribution in [0.15, 0.2) is 0 Å². The molecule has 0 saturated carbocycles. The molecule has 0 bridgehead atoms. The Morgan fingerprint density at radius 1 is 1.42 bits per heavy atom. The van der Waals surface area contributed by atoms with Gasteiger partial charge in [-0.15, -0.1) is 0 Å². The number of rotatable bonds is 3. The minimum absolute atomic E-state index is 0.0977. The van der Waals surface area contributed by atoms with Gasteiger partial charge in [0.2, 0.25) is 5.91 Å². The third-order valence-electron chi connectivity index (χ3n) is 2.41. The number of nitrogens with one attached hydrogen (secondary N) is 2. The molecule has 2 N–H and O–H groups in total. The van der Waals surface area contributed by atoms with E-state index in [4.69, 9.17) is 0 Å². The average Bonchev–Trinajstić information content (AvgIpc) is 1.82. The zero-order valence-corrected chi connectivity index (χ0v) is 8.05. The second-order valence-electron chi connectivity index (χ2n) is 3.87. The van der Waals surface area contributed by atoms with Crippen LogP contribution in [-0.4, -0.2) is 25.0 Å². The van der Waals surface area contributed by atoms with Crippen LogP contribution in [-0.2, 0) is 4.79 Å². The maximum atomic E-state index is 11.3. The largest absolute Gasteiger partial charge is 0.353 e. The highest BCUT2D eigenvalue weighted by molar-refractivity contribution is 5.78. The summed E-state index contributed by atoms with van der Waals surface area (Å²) in [5.74, 6) is 0.891. The summed E-state index contributed by atoms with van der Waals surface area (Å²) in [4.78, 5) is 11.3. The van der Waals surface area contributed by atoms with Crippen molar-refractivity contribution in [3.05, 3.63) is 0 Å². The van der Waals surface area contributed by atoms with Crippen LogP contribution in [0.4, 0.5) is 0 Å². The Bertz CT molecular complexity index is 164. The fourth-order valence-electron chi connectivity index (χ4n) is 1.17. The molecule has 1 aliphatic heterocycles. The molecule has 0 radical (unpaired) electrons. The highest BCUT2D eigenvalue weighted by Gasteiger charge is 2.24. The lowest BCUT2D eigenvalue weighted by molar-refractivity contribution is -0.125. The summed E-state index contributed by atoms with van der Waals surface area (Å²) >= 11 is 0. The van der Waals surface area contributed by atoms with E-state index in [1.54, 1.807) is 0 Å². The summed E-state index contributed by atoms with van der Waals surface area (Å²) < 4.78 is 0. The molecule has 0 spiro atoms. The average molecular weight is 170 g/mol. The van der Waals surface area contributed by atoms with Gasteiger partial charge in [0.25, 0.3) is 0 Å². The lowest BCUT2D eigenvalue weighted by Crippen LogP contribution is -2.53. The van der Waals surface area contributed by atoms with Gasteiger partial charge in [0, 0.05) is 31.0 Å².